The Hall–Kier alpha value is -4.16. The minimum atomic E-state index is -4.54. The third kappa shape index (κ3) is 9.89. The molecule has 0 bridgehead atoms. The van der Waals surface area contributed by atoms with Crippen LogP contribution in [-0.2, 0) is 32.6 Å². The van der Waals surface area contributed by atoms with Crippen molar-refractivity contribution >= 4 is 62.3 Å². The molecule has 4 aromatic carbocycles. The zero-order valence-electron chi connectivity index (χ0n) is 29.7. The molecule has 0 spiro atoms. The molecule has 1 saturated carbocycles. The molecule has 1 N–H and O–H groups in total. The van der Waals surface area contributed by atoms with Gasteiger partial charge in [0, 0.05) is 40.1 Å². The van der Waals surface area contributed by atoms with E-state index in [4.69, 9.17) is 49.0 Å². The monoisotopic (exact) mass is 801 g/mol. The van der Waals surface area contributed by atoms with Gasteiger partial charge in [0.2, 0.25) is 11.8 Å². The lowest BCUT2D eigenvalue weighted by Crippen LogP contribution is -2.55. The molecule has 0 aromatic heterocycles. The maximum absolute atomic E-state index is 15.0. The Morgan fingerprint density at radius 2 is 1.43 bits per heavy atom. The Labute approximate surface area is 325 Å². The summed E-state index contributed by atoms with van der Waals surface area (Å²) in [6.45, 7) is -0.859. The van der Waals surface area contributed by atoms with E-state index in [-0.39, 0.29) is 57.0 Å². The number of hydrogen-bond acceptors (Lipinski definition) is 7. The lowest BCUT2D eigenvalue weighted by molar-refractivity contribution is -0.140. The second kappa shape index (κ2) is 18.2. The standard InChI is InChI=1S/C39H42Cl3N3O7S/c1-50-35-18-16-29(41)22-33(35)45(53(48,49)31-17-19-36(51-2)37(23-31)52-3)25-38(46)44(24-27-14-15-28(40)21-32(27)42)34(20-26-10-6-4-7-11-26)39(47)43-30-12-8-5-9-13-30/h4,6-7,10-11,14-19,21-23,30,34H,5,8-9,12-13,20,24-25H2,1-3H3,(H,43,47)/t34-/m0/s1. The molecular formula is C39H42Cl3N3O7S. The maximum atomic E-state index is 15.0. The molecule has 0 saturated heterocycles. The van der Waals surface area contributed by atoms with Crippen molar-refractivity contribution in [1.29, 1.82) is 0 Å². The normalized spacial score (nSPS) is 13.8. The third-order valence-corrected chi connectivity index (χ3v) is 11.8. The van der Waals surface area contributed by atoms with Crippen LogP contribution in [0.15, 0.2) is 89.8 Å². The molecule has 0 aliphatic heterocycles. The number of nitrogens with zero attached hydrogens (tertiary/aromatic N) is 2. The molecule has 1 fully saturated rings. The van der Waals surface area contributed by atoms with E-state index in [1.165, 1.54) is 56.6 Å². The van der Waals surface area contributed by atoms with E-state index in [1.54, 1.807) is 24.3 Å². The second-order valence-electron chi connectivity index (χ2n) is 12.7. The molecule has 53 heavy (non-hydrogen) atoms. The summed E-state index contributed by atoms with van der Waals surface area (Å²) in [7, 11) is -0.326. The van der Waals surface area contributed by atoms with Gasteiger partial charge in [-0.15, -0.1) is 0 Å². The third-order valence-electron chi connectivity index (χ3n) is 9.21. The van der Waals surface area contributed by atoms with E-state index in [0.717, 1.165) is 42.0 Å². The van der Waals surface area contributed by atoms with Crippen molar-refractivity contribution in [2.24, 2.45) is 0 Å². The van der Waals surface area contributed by atoms with Gasteiger partial charge in [0.25, 0.3) is 10.0 Å². The van der Waals surface area contributed by atoms with E-state index in [2.05, 4.69) is 5.32 Å². The fourth-order valence-electron chi connectivity index (χ4n) is 6.41. The lowest BCUT2D eigenvalue weighted by Gasteiger charge is -2.35. The number of carbonyl (C=O) groups excluding carboxylic acids is 2. The molecule has 1 atom stereocenters. The summed E-state index contributed by atoms with van der Waals surface area (Å²) in [4.78, 5) is 30.6. The highest BCUT2D eigenvalue weighted by atomic mass is 35.5. The number of methoxy groups -OCH3 is 3. The number of halogens is 3. The minimum Gasteiger partial charge on any atom is -0.495 e. The Morgan fingerprint density at radius 1 is 0.792 bits per heavy atom. The largest absolute Gasteiger partial charge is 0.495 e. The Morgan fingerprint density at radius 3 is 2.09 bits per heavy atom. The molecule has 2 amide bonds. The van der Waals surface area contributed by atoms with Crippen LogP contribution in [0, 0.1) is 0 Å². The number of hydrogen-bond donors (Lipinski definition) is 1. The fourth-order valence-corrected chi connectivity index (χ4v) is 8.47. The summed E-state index contributed by atoms with van der Waals surface area (Å²) in [5, 5.41) is 4.08. The molecule has 282 valence electrons. The molecule has 10 nitrogen and oxygen atoms in total. The van der Waals surface area contributed by atoms with Gasteiger partial charge in [-0.05, 0) is 66.4 Å². The van der Waals surface area contributed by atoms with Crippen molar-refractivity contribution in [3.05, 3.63) is 111 Å². The highest BCUT2D eigenvalue weighted by Crippen LogP contribution is 2.37. The first kappa shape index (κ1) is 40.0. The fraction of sp³-hybridized carbons (Fsp3) is 0.333. The number of rotatable bonds is 15. The van der Waals surface area contributed by atoms with Crippen LogP contribution in [0.25, 0.3) is 0 Å². The van der Waals surface area contributed by atoms with Crippen molar-refractivity contribution in [2.75, 3.05) is 32.2 Å². The number of benzene rings is 4. The summed E-state index contributed by atoms with van der Waals surface area (Å²) in [5.41, 5.74) is 1.34. The van der Waals surface area contributed by atoms with Crippen molar-refractivity contribution < 1.29 is 32.2 Å². The summed E-state index contributed by atoms with van der Waals surface area (Å²) in [6, 6.07) is 21.7. The van der Waals surface area contributed by atoms with E-state index in [1.807, 2.05) is 30.3 Å². The number of carbonyl (C=O) groups is 2. The highest BCUT2D eigenvalue weighted by Gasteiger charge is 2.37. The van der Waals surface area contributed by atoms with Gasteiger partial charge in [-0.1, -0.05) is 90.5 Å². The predicted octanol–water partition coefficient (Wildman–Crippen LogP) is 7.96. The maximum Gasteiger partial charge on any atom is 0.265 e. The van der Waals surface area contributed by atoms with Gasteiger partial charge in [0.1, 0.15) is 18.3 Å². The smallest absolute Gasteiger partial charge is 0.265 e. The van der Waals surface area contributed by atoms with Crippen molar-refractivity contribution in [3.63, 3.8) is 0 Å². The zero-order chi connectivity index (χ0) is 38.1. The van der Waals surface area contributed by atoms with Crippen LogP contribution in [-0.4, -0.2) is 65.1 Å². The lowest BCUT2D eigenvalue weighted by atomic mass is 9.94. The first-order valence-electron chi connectivity index (χ1n) is 17.1. The number of nitrogens with one attached hydrogen (secondary N) is 1. The molecule has 1 aliphatic carbocycles. The van der Waals surface area contributed by atoms with Crippen LogP contribution in [0.3, 0.4) is 0 Å². The number of ether oxygens (including phenoxy) is 3. The Bertz CT molecular complexity index is 2010. The molecule has 0 radical (unpaired) electrons. The van der Waals surface area contributed by atoms with Crippen molar-refractivity contribution in [2.45, 2.75) is 62.0 Å². The van der Waals surface area contributed by atoms with Crippen molar-refractivity contribution in [3.8, 4) is 17.2 Å². The molecule has 0 unspecified atom stereocenters. The van der Waals surface area contributed by atoms with E-state index >= 15 is 0 Å². The van der Waals surface area contributed by atoms with Gasteiger partial charge in [0.05, 0.1) is 31.9 Å². The van der Waals surface area contributed by atoms with E-state index in [0.29, 0.717) is 16.3 Å². The number of sulfonamides is 1. The first-order valence-corrected chi connectivity index (χ1v) is 19.7. The van der Waals surface area contributed by atoms with Crippen LogP contribution < -0.4 is 23.8 Å². The molecule has 1 aliphatic rings. The average Bonchev–Trinajstić information content (AvgIpc) is 3.16. The van der Waals surface area contributed by atoms with Gasteiger partial charge in [0.15, 0.2) is 11.5 Å². The second-order valence-corrected chi connectivity index (χ2v) is 15.8. The van der Waals surface area contributed by atoms with Gasteiger partial charge in [-0.2, -0.15) is 0 Å². The van der Waals surface area contributed by atoms with Gasteiger partial charge < -0.3 is 24.4 Å². The van der Waals surface area contributed by atoms with Crippen LogP contribution in [0.4, 0.5) is 5.69 Å². The number of anilines is 1. The summed E-state index contributed by atoms with van der Waals surface area (Å²) >= 11 is 19.3. The quantitative estimate of drug-likeness (QED) is 0.130. The zero-order valence-corrected chi connectivity index (χ0v) is 32.8. The minimum absolute atomic E-state index is 0.0128. The molecule has 14 heteroatoms. The van der Waals surface area contributed by atoms with Crippen LogP contribution >= 0.6 is 34.8 Å². The van der Waals surface area contributed by atoms with E-state index in [9.17, 15) is 18.0 Å². The van der Waals surface area contributed by atoms with Crippen LogP contribution in [0.2, 0.25) is 15.1 Å². The summed E-state index contributed by atoms with van der Waals surface area (Å²) in [6.07, 6.45) is 4.87. The SMILES string of the molecule is COc1ccc(S(=O)(=O)N(CC(=O)N(Cc2ccc(Cl)cc2Cl)[C@@H](Cc2ccccc2)C(=O)NC2CCCCC2)c2cc(Cl)ccc2OC)cc1OC. The van der Waals surface area contributed by atoms with Gasteiger partial charge in [-0.25, -0.2) is 8.42 Å². The molecule has 5 rings (SSSR count). The average molecular weight is 803 g/mol. The summed E-state index contributed by atoms with van der Waals surface area (Å²) < 4.78 is 46.6. The number of amides is 2. The van der Waals surface area contributed by atoms with Gasteiger partial charge >= 0.3 is 0 Å². The topological polar surface area (TPSA) is 114 Å². The van der Waals surface area contributed by atoms with Crippen LogP contribution in [0.5, 0.6) is 17.2 Å². The molecular weight excluding hydrogens is 761 g/mol. The van der Waals surface area contributed by atoms with Gasteiger partial charge in [-0.3, -0.25) is 13.9 Å². The highest BCUT2D eigenvalue weighted by molar-refractivity contribution is 7.92. The van der Waals surface area contributed by atoms with Crippen molar-refractivity contribution in [1.82, 2.24) is 10.2 Å². The van der Waals surface area contributed by atoms with E-state index < -0.39 is 28.5 Å². The molecule has 0 heterocycles. The Kier molecular flexibility index (Phi) is 13.8. The van der Waals surface area contributed by atoms with Crippen LogP contribution in [0.1, 0.15) is 43.2 Å². The Balaban J connectivity index is 1.64. The predicted molar refractivity (Wildman–Crippen MR) is 208 cm³/mol. The molecule has 4 aromatic rings. The first-order chi connectivity index (χ1) is 25.4. The summed E-state index contributed by atoms with van der Waals surface area (Å²) in [5.74, 6) is -0.405.